The van der Waals surface area contributed by atoms with Crippen LogP contribution in [0.1, 0.15) is 41.8 Å². The first-order valence-corrected chi connectivity index (χ1v) is 10.4. The quantitative estimate of drug-likeness (QED) is 0.773. The molecule has 6 heteroatoms. The Morgan fingerprint density at radius 1 is 1.15 bits per heavy atom. The Hall–Kier alpha value is -2.47. The molecule has 0 spiro atoms. The van der Waals surface area contributed by atoms with Crippen molar-refractivity contribution < 1.29 is 18.5 Å². The lowest BCUT2D eigenvalue weighted by atomic mass is 10.1. The molecule has 3 rings (SSSR count). The van der Waals surface area contributed by atoms with E-state index in [2.05, 4.69) is 5.32 Å². The maximum Gasteiger partial charge on any atom is 0.340 e. The Morgan fingerprint density at radius 2 is 1.89 bits per heavy atom. The number of esters is 1. The molecule has 0 bridgehead atoms. The first-order chi connectivity index (χ1) is 13.0. The fourth-order valence-corrected chi connectivity index (χ4v) is 4.10. The molecule has 1 aliphatic rings. The highest BCUT2D eigenvalue weighted by Crippen LogP contribution is 2.25. The molecule has 1 aliphatic carbocycles. The van der Waals surface area contributed by atoms with Crippen LogP contribution in [-0.2, 0) is 33.2 Å². The number of amides is 1. The number of fused-ring (bicyclic) bond motifs is 1. The highest BCUT2D eigenvalue weighted by molar-refractivity contribution is 7.85. The van der Waals surface area contributed by atoms with E-state index in [0.29, 0.717) is 16.3 Å². The second-order valence-electron chi connectivity index (χ2n) is 6.50. The molecule has 0 saturated heterocycles. The molecule has 0 fully saturated rings. The molecule has 27 heavy (non-hydrogen) atoms. The van der Waals surface area contributed by atoms with Crippen LogP contribution in [0.3, 0.4) is 0 Å². The summed E-state index contributed by atoms with van der Waals surface area (Å²) in [7, 11) is -1.28. The van der Waals surface area contributed by atoms with Crippen molar-refractivity contribution in [2.45, 2.75) is 44.1 Å². The summed E-state index contributed by atoms with van der Waals surface area (Å²) < 4.78 is 17.4. The van der Waals surface area contributed by atoms with Crippen LogP contribution in [0.4, 0.5) is 5.69 Å². The van der Waals surface area contributed by atoms with E-state index in [9.17, 15) is 13.8 Å². The molecule has 0 unspecified atom stereocenters. The van der Waals surface area contributed by atoms with Crippen molar-refractivity contribution in [2.24, 2.45) is 0 Å². The highest BCUT2D eigenvalue weighted by Gasteiger charge is 2.22. The molecule has 2 aromatic carbocycles. The van der Waals surface area contributed by atoms with E-state index >= 15 is 0 Å². The third kappa shape index (κ3) is 4.45. The van der Waals surface area contributed by atoms with Crippen LogP contribution in [-0.4, -0.2) is 27.9 Å². The van der Waals surface area contributed by atoms with Crippen molar-refractivity contribution in [3.63, 3.8) is 0 Å². The summed E-state index contributed by atoms with van der Waals surface area (Å²) in [5, 5.41) is 2.80. The van der Waals surface area contributed by atoms with Crippen LogP contribution in [0.2, 0.25) is 0 Å². The van der Waals surface area contributed by atoms with Gasteiger partial charge in [-0.1, -0.05) is 25.1 Å². The summed E-state index contributed by atoms with van der Waals surface area (Å²) in [4.78, 5) is 25.3. The molecule has 1 amide bonds. The molecule has 0 aliphatic heterocycles. The van der Waals surface area contributed by atoms with Gasteiger partial charge in [0.15, 0.2) is 6.10 Å². The van der Waals surface area contributed by atoms with Crippen molar-refractivity contribution in [3.8, 4) is 0 Å². The molecule has 0 aromatic heterocycles. The Balaban J connectivity index is 1.66. The lowest BCUT2D eigenvalue weighted by molar-refractivity contribution is -0.123. The van der Waals surface area contributed by atoms with Gasteiger partial charge in [0.1, 0.15) is 0 Å². The van der Waals surface area contributed by atoms with E-state index in [1.165, 1.54) is 18.1 Å². The third-order valence-corrected chi connectivity index (χ3v) is 6.00. The van der Waals surface area contributed by atoms with Crippen molar-refractivity contribution >= 4 is 28.4 Å². The number of carbonyl (C=O) groups excluding carboxylic acids is 2. The van der Waals surface area contributed by atoms with Gasteiger partial charge in [-0.3, -0.25) is 9.00 Å². The average Bonchev–Trinajstić information content (AvgIpc) is 3.15. The SMILES string of the molecule is CC[S@](=O)c1ccccc1C(=O)O[C@@H](C)C(=O)Nc1ccc2c(c1)CCC2. The van der Waals surface area contributed by atoms with Crippen LogP contribution in [0.5, 0.6) is 0 Å². The largest absolute Gasteiger partial charge is 0.449 e. The predicted molar refractivity (Wildman–Crippen MR) is 105 cm³/mol. The van der Waals surface area contributed by atoms with Gasteiger partial charge in [0.25, 0.3) is 5.91 Å². The number of anilines is 1. The maximum absolute atomic E-state index is 12.5. The minimum atomic E-state index is -1.28. The summed E-state index contributed by atoms with van der Waals surface area (Å²) in [5.41, 5.74) is 3.52. The number of aryl methyl sites for hydroxylation is 2. The van der Waals surface area contributed by atoms with E-state index in [1.807, 2.05) is 18.2 Å². The van der Waals surface area contributed by atoms with E-state index in [1.54, 1.807) is 31.2 Å². The summed E-state index contributed by atoms with van der Waals surface area (Å²) in [6.07, 6.45) is 2.28. The monoisotopic (exact) mass is 385 g/mol. The van der Waals surface area contributed by atoms with Crippen LogP contribution in [0.15, 0.2) is 47.4 Å². The van der Waals surface area contributed by atoms with Gasteiger partial charge in [0.2, 0.25) is 0 Å². The number of carbonyl (C=O) groups is 2. The Kier molecular flexibility index (Phi) is 6.06. The molecule has 0 radical (unpaired) electrons. The lowest BCUT2D eigenvalue weighted by Gasteiger charge is -2.15. The second kappa shape index (κ2) is 8.48. The zero-order chi connectivity index (χ0) is 19.4. The van der Waals surface area contributed by atoms with Crippen molar-refractivity contribution in [3.05, 3.63) is 59.2 Å². The molecule has 0 heterocycles. The fourth-order valence-electron chi connectivity index (χ4n) is 3.16. The Labute approximate surface area is 161 Å². The van der Waals surface area contributed by atoms with Gasteiger partial charge >= 0.3 is 5.97 Å². The maximum atomic E-state index is 12.5. The van der Waals surface area contributed by atoms with Crippen LogP contribution >= 0.6 is 0 Å². The molecule has 2 atom stereocenters. The number of hydrogen-bond donors (Lipinski definition) is 1. The molecule has 142 valence electrons. The zero-order valence-electron chi connectivity index (χ0n) is 15.5. The van der Waals surface area contributed by atoms with Crippen molar-refractivity contribution in [1.82, 2.24) is 0 Å². The lowest BCUT2D eigenvalue weighted by Crippen LogP contribution is -2.30. The third-order valence-electron chi connectivity index (χ3n) is 4.63. The molecule has 1 N–H and O–H groups in total. The minimum Gasteiger partial charge on any atom is -0.449 e. The summed E-state index contributed by atoms with van der Waals surface area (Å²) >= 11 is 0. The van der Waals surface area contributed by atoms with E-state index in [-0.39, 0.29) is 5.56 Å². The number of nitrogens with one attached hydrogen (secondary N) is 1. The molecule has 2 aromatic rings. The number of ether oxygens (including phenoxy) is 1. The first kappa shape index (κ1) is 19.3. The van der Waals surface area contributed by atoms with Crippen molar-refractivity contribution in [2.75, 3.05) is 11.1 Å². The average molecular weight is 385 g/mol. The van der Waals surface area contributed by atoms with E-state index in [0.717, 1.165) is 19.3 Å². The number of hydrogen-bond acceptors (Lipinski definition) is 4. The van der Waals surface area contributed by atoms with Gasteiger partial charge in [-0.25, -0.2) is 4.79 Å². The summed E-state index contributed by atoms with van der Waals surface area (Å²) in [5.74, 6) is -0.641. The number of benzene rings is 2. The second-order valence-corrected chi connectivity index (χ2v) is 8.21. The standard InChI is InChI=1S/C21H23NO4S/c1-3-27(25)19-10-5-4-9-18(19)21(24)26-14(2)20(23)22-17-12-11-15-7-6-8-16(15)13-17/h4-5,9-14H,3,6-8H2,1-2H3,(H,22,23)/t14-,27-/m0/s1. The topological polar surface area (TPSA) is 72.5 Å². The van der Waals surface area contributed by atoms with Gasteiger partial charge in [0.05, 0.1) is 21.3 Å². The smallest absolute Gasteiger partial charge is 0.340 e. The van der Waals surface area contributed by atoms with Gasteiger partial charge < -0.3 is 10.1 Å². The van der Waals surface area contributed by atoms with Crippen LogP contribution < -0.4 is 5.32 Å². The first-order valence-electron chi connectivity index (χ1n) is 9.10. The summed E-state index contributed by atoms with van der Waals surface area (Å²) in [6.45, 7) is 3.31. The van der Waals surface area contributed by atoms with Gasteiger partial charge in [-0.05, 0) is 61.6 Å². The fraction of sp³-hybridized carbons (Fsp3) is 0.333. The Bertz CT molecular complexity index is 894. The normalized spacial score (nSPS) is 14.9. The molecular weight excluding hydrogens is 362 g/mol. The Morgan fingerprint density at radius 3 is 2.67 bits per heavy atom. The van der Waals surface area contributed by atoms with Gasteiger partial charge in [-0.2, -0.15) is 0 Å². The molecule has 0 saturated carbocycles. The van der Waals surface area contributed by atoms with Crippen molar-refractivity contribution in [1.29, 1.82) is 0 Å². The predicted octanol–water partition coefficient (Wildman–Crippen LogP) is 3.49. The highest BCUT2D eigenvalue weighted by atomic mass is 32.2. The summed E-state index contributed by atoms with van der Waals surface area (Å²) in [6, 6.07) is 12.5. The molecule has 5 nitrogen and oxygen atoms in total. The minimum absolute atomic E-state index is 0.231. The van der Waals surface area contributed by atoms with E-state index in [4.69, 9.17) is 4.74 Å². The number of rotatable bonds is 6. The van der Waals surface area contributed by atoms with Crippen LogP contribution in [0.25, 0.3) is 0 Å². The zero-order valence-corrected chi connectivity index (χ0v) is 16.3. The van der Waals surface area contributed by atoms with E-state index < -0.39 is 28.8 Å². The van der Waals surface area contributed by atoms with Crippen LogP contribution in [0, 0.1) is 0 Å². The van der Waals surface area contributed by atoms with Gasteiger partial charge in [0, 0.05) is 11.4 Å². The molecular formula is C21H23NO4S. The van der Waals surface area contributed by atoms with Gasteiger partial charge in [-0.15, -0.1) is 0 Å².